The van der Waals surface area contributed by atoms with Crippen LogP contribution in [0.15, 0.2) is 24.4 Å². The second-order valence-corrected chi connectivity index (χ2v) is 6.81. The highest BCUT2D eigenvalue weighted by atomic mass is 15.1. The third-order valence-corrected chi connectivity index (χ3v) is 4.77. The molecule has 0 spiro atoms. The van der Waals surface area contributed by atoms with Crippen molar-refractivity contribution in [3.8, 4) is 0 Å². The van der Waals surface area contributed by atoms with Gasteiger partial charge in [-0.1, -0.05) is 30.7 Å². The minimum atomic E-state index is 1.03. The van der Waals surface area contributed by atoms with Crippen LogP contribution in [0, 0.1) is 20.8 Å². The Balaban J connectivity index is 1.71. The van der Waals surface area contributed by atoms with Crippen LogP contribution >= 0.6 is 0 Å². The summed E-state index contributed by atoms with van der Waals surface area (Å²) in [5.41, 5.74) is 6.86. The number of likely N-dealkylation sites (tertiary alicyclic amines) is 1. The molecule has 0 saturated carbocycles. The van der Waals surface area contributed by atoms with Crippen molar-refractivity contribution in [2.24, 2.45) is 0 Å². The van der Waals surface area contributed by atoms with Crippen LogP contribution in [0.3, 0.4) is 0 Å². The maximum Gasteiger partial charge on any atom is 0.0271 e. The molecule has 2 rings (SSSR count). The first kappa shape index (κ1) is 17.1. The van der Waals surface area contributed by atoms with Crippen LogP contribution in [0.1, 0.15) is 47.9 Å². The summed E-state index contributed by atoms with van der Waals surface area (Å²) in [5.74, 6) is 0. The van der Waals surface area contributed by atoms with E-state index in [-0.39, 0.29) is 0 Å². The molecule has 0 unspecified atom stereocenters. The molecule has 1 fully saturated rings. The van der Waals surface area contributed by atoms with Crippen LogP contribution in [0.5, 0.6) is 0 Å². The summed E-state index contributed by atoms with van der Waals surface area (Å²) in [6.07, 6.45) is 6.27. The Kier molecular flexibility index (Phi) is 6.50. The lowest BCUT2D eigenvalue weighted by Gasteiger charge is -2.26. The number of piperidine rings is 1. The molecule has 1 aromatic rings. The molecule has 1 aliphatic rings. The second kappa shape index (κ2) is 8.38. The fourth-order valence-corrected chi connectivity index (χ4v) is 3.54. The summed E-state index contributed by atoms with van der Waals surface area (Å²) in [6.45, 7) is 15.6. The summed E-state index contributed by atoms with van der Waals surface area (Å²) in [5, 5.41) is 3.51. The molecule has 0 amide bonds. The van der Waals surface area contributed by atoms with Gasteiger partial charge in [0.2, 0.25) is 0 Å². The molecule has 1 saturated heterocycles. The maximum absolute atomic E-state index is 4.20. The molecule has 122 valence electrons. The molecule has 0 aliphatic carbocycles. The summed E-state index contributed by atoms with van der Waals surface area (Å²) < 4.78 is 0. The molecule has 1 aromatic carbocycles. The topological polar surface area (TPSA) is 15.3 Å². The quantitative estimate of drug-likeness (QED) is 0.814. The van der Waals surface area contributed by atoms with Crippen molar-refractivity contribution in [3.05, 3.63) is 46.7 Å². The molecule has 22 heavy (non-hydrogen) atoms. The highest BCUT2D eigenvalue weighted by molar-refractivity contribution is 5.37. The summed E-state index contributed by atoms with van der Waals surface area (Å²) in [6, 6.07) is 4.57. The minimum Gasteiger partial charge on any atom is -0.388 e. The van der Waals surface area contributed by atoms with Gasteiger partial charge in [-0.25, -0.2) is 0 Å². The maximum atomic E-state index is 4.20. The van der Waals surface area contributed by atoms with Crippen molar-refractivity contribution < 1.29 is 0 Å². The van der Waals surface area contributed by atoms with Crippen LogP contribution in [0.4, 0.5) is 0 Å². The predicted molar refractivity (Wildman–Crippen MR) is 96.4 cm³/mol. The molecule has 0 radical (unpaired) electrons. The molecule has 1 N–H and O–H groups in total. The lowest BCUT2D eigenvalue weighted by atomic mass is 9.96. The number of hydrogen-bond donors (Lipinski definition) is 1. The van der Waals surface area contributed by atoms with Gasteiger partial charge in [-0.15, -0.1) is 0 Å². The third-order valence-electron chi connectivity index (χ3n) is 4.77. The lowest BCUT2D eigenvalue weighted by Crippen LogP contribution is -2.35. The average Bonchev–Trinajstić information content (AvgIpc) is 2.47. The van der Waals surface area contributed by atoms with E-state index >= 15 is 0 Å². The fourth-order valence-electron chi connectivity index (χ4n) is 3.54. The molecule has 0 aromatic heterocycles. The minimum absolute atomic E-state index is 1.03. The molecule has 1 heterocycles. The number of hydrogen-bond acceptors (Lipinski definition) is 2. The molecule has 2 heteroatoms. The number of allylic oxidation sites excluding steroid dienone is 1. The number of nitrogens with one attached hydrogen (secondary N) is 1. The number of nitrogens with zero attached hydrogens (tertiary/aromatic N) is 1. The molecule has 0 bridgehead atoms. The Hall–Kier alpha value is -1.28. The van der Waals surface area contributed by atoms with E-state index in [1.807, 2.05) is 0 Å². The van der Waals surface area contributed by atoms with Gasteiger partial charge in [0.05, 0.1) is 0 Å². The van der Waals surface area contributed by atoms with E-state index < -0.39 is 0 Å². The van der Waals surface area contributed by atoms with Gasteiger partial charge < -0.3 is 10.2 Å². The highest BCUT2D eigenvalue weighted by Crippen LogP contribution is 2.19. The van der Waals surface area contributed by atoms with E-state index in [4.69, 9.17) is 0 Å². The first-order chi connectivity index (χ1) is 10.6. The van der Waals surface area contributed by atoms with Gasteiger partial charge in [0.25, 0.3) is 0 Å². The van der Waals surface area contributed by atoms with Gasteiger partial charge in [-0.05, 0) is 76.2 Å². The van der Waals surface area contributed by atoms with E-state index in [9.17, 15) is 0 Å². The normalized spacial score (nSPS) is 15.8. The van der Waals surface area contributed by atoms with Crippen LogP contribution in [-0.2, 0) is 6.42 Å². The van der Waals surface area contributed by atoms with Crippen molar-refractivity contribution in [1.82, 2.24) is 10.2 Å². The van der Waals surface area contributed by atoms with E-state index in [1.54, 1.807) is 0 Å². The molecular formula is C20H32N2. The Morgan fingerprint density at radius 3 is 2.36 bits per heavy atom. The van der Waals surface area contributed by atoms with Gasteiger partial charge in [-0.3, -0.25) is 0 Å². The monoisotopic (exact) mass is 300 g/mol. The van der Waals surface area contributed by atoms with E-state index in [1.165, 1.54) is 60.3 Å². The van der Waals surface area contributed by atoms with E-state index in [0.29, 0.717) is 0 Å². The van der Waals surface area contributed by atoms with Crippen LogP contribution < -0.4 is 5.32 Å². The lowest BCUT2D eigenvalue weighted by molar-refractivity contribution is 0.231. The molecule has 0 atom stereocenters. The Morgan fingerprint density at radius 2 is 1.73 bits per heavy atom. The van der Waals surface area contributed by atoms with E-state index in [0.717, 1.165) is 25.9 Å². The van der Waals surface area contributed by atoms with Crippen molar-refractivity contribution in [1.29, 1.82) is 0 Å². The van der Waals surface area contributed by atoms with E-state index in [2.05, 4.69) is 49.7 Å². The first-order valence-corrected chi connectivity index (χ1v) is 8.77. The van der Waals surface area contributed by atoms with Crippen molar-refractivity contribution in [3.63, 3.8) is 0 Å². The third kappa shape index (κ3) is 5.17. The van der Waals surface area contributed by atoms with Crippen LogP contribution in [0.2, 0.25) is 0 Å². The van der Waals surface area contributed by atoms with Crippen LogP contribution in [-0.4, -0.2) is 31.1 Å². The zero-order chi connectivity index (χ0) is 15.9. The summed E-state index contributed by atoms with van der Waals surface area (Å²) in [7, 11) is 0. The van der Waals surface area contributed by atoms with Gasteiger partial charge in [0.15, 0.2) is 0 Å². The number of benzene rings is 1. The smallest absolute Gasteiger partial charge is 0.0271 e. The largest absolute Gasteiger partial charge is 0.388 e. The summed E-state index contributed by atoms with van der Waals surface area (Å²) >= 11 is 0. The summed E-state index contributed by atoms with van der Waals surface area (Å²) in [4.78, 5) is 2.57. The Labute approximate surface area is 136 Å². The van der Waals surface area contributed by atoms with Crippen molar-refractivity contribution in [2.45, 2.75) is 52.9 Å². The van der Waals surface area contributed by atoms with Gasteiger partial charge in [-0.2, -0.15) is 0 Å². The van der Waals surface area contributed by atoms with Gasteiger partial charge in [0, 0.05) is 18.8 Å². The zero-order valence-electron chi connectivity index (χ0n) is 14.7. The first-order valence-electron chi connectivity index (χ1n) is 8.77. The van der Waals surface area contributed by atoms with Crippen molar-refractivity contribution in [2.75, 3.05) is 26.2 Å². The molecule has 2 nitrogen and oxygen atoms in total. The number of aryl methyl sites for hydroxylation is 3. The second-order valence-electron chi connectivity index (χ2n) is 6.81. The van der Waals surface area contributed by atoms with Gasteiger partial charge in [0.1, 0.15) is 0 Å². The Morgan fingerprint density at radius 1 is 1.09 bits per heavy atom. The Bertz CT molecular complexity index is 475. The van der Waals surface area contributed by atoms with Gasteiger partial charge >= 0.3 is 0 Å². The number of rotatable bonds is 7. The zero-order valence-corrected chi connectivity index (χ0v) is 14.7. The standard InChI is InChI=1S/C20H32N2/c1-16-14-17(2)20(18(3)15-16)9-8-19(4)21-10-13-22-11-6-5-7-12-22/h14-15,21H,4-13H2,1-3H3. The highest BCUT2D eigenvalue weighted by Gasteiger charge is 2.09. The average molecular weight is 300 g/mol. The predicted octanol–water partition coefficient (Wildman–Crippen LogP) is 4.13. The van der Waals surface area contributed by atoms with Crippen molar-refractivity contribution >= 4 is 0 Å². The van der Waals surface area contributed by atoms with Crippen LogP contribution in [0.25, 0.3) is 0 Å². The fraction of sp³-hybridized carbons (Fsp3) is 0.600. The SMILES string of the molecule is C=C(CCc1c(C)cc(C)cc1C)NCCN1CCCCC1. The molecular weight excluding hydrogens is 268 g/mol. The molecule has 1 aliphatic heterocycles.